The van der Waals surface area contributed by atoms with Gasteiger partial charge in [0.1, 0.15) is 0 Å². The Labute approximate surface area is 155 Å². The quantitative estimate of drug-likeness (QED) is 0.274. The molecule has 0 saturated heterocycles. The molecule has 0 spiro atoms. The van der Waals surface area contributed by atoms with Gasteiger partial charge in [-0.05, 0) is 31.9 Å². The fraction of sp³-hybridized carbons (Fsp3) is 0.471. The summed E-state index contributed by atoms with van der Waals surface area (Å²) in [4.78, 5) is 7.66. The summed E-state index contributed by atoms with van der Waals surface area (Å²) in [6, 6.07) is 8.43. The maximum absolute atomic E-state index is 5.31. The van der Waals surface area contributed by atoms with E-state index in [-0.39, 0.29) is 24.0 Å². The molecule has 0 aliphatic heterocycles. The predicted molar refractivity (Wildman–Crippen MR) is 108 cm³/mol. The van der Waals surface area contributed by atoms with Gasteiger partial charge >= 0.3 is 0 Å². The number of aryl methyl sites for hydroxylation is 1. The third-order valence-electron chi connectivity index (χ3n) is 3.66. The van der Waals surface area contributed by atoms with Gasteiger partial charge in [0, 0.05) is 43.3 Å². The van der Waals surface area contributed by atoms with Crippen molar-refractivity contribution in [1.29, 1.82) is 0 Å². The molecule has 0 saturated carbocycles. The summed E-state index contributed by atoms with van der Waals surface area (Å²) in [6.45, 7) is 7.17. The van der Waals surface area contributed by atoms with Crippen molar-refractivity contribution in [3.8, 4) is 0 Å². The van der Waals surface area contributed by atoms with E-state index >= 15 is 0 Å². The van der Waals surface area contributed by atoms with Crippen molar-refractivity contribution in [2.45, 2.75) is 20.3 Å². The third kappa shape index (κ3) is 5.69. The van der Waals surface area contributed by atoms with Crippen LogP contribution in [0, 0.1) is 6.92 Å². The zero-order chi connectivity index (χ0) is 15.8. The summed E-state index contributed by atoms with van der Waals surface area (Å²) in [7, 11) is 1.78. The molecule has 5 nitrogen and oxygen atoms in total. The lowest BCUT2D eigenvalue weighted by Crippen LogP contribution is -2.39. The molecule has 1 aromatic carbocycles. The lowest BCUT2D eigenvalue weighted by Gasteiger charge is -2.12. The van der Waals surface area contributed by atoms with Crippen LogP contribution < -0.4 is 10.6 Å². The lowest BCUT2D eigenvalue weighted by atomic mass is 10.1. The van der Waals surface area contributed by atoms with Crippen molar-refractivity contribution in [3.05, 3.63) is 35.5 Å². The van der Waals surface area contributed by atoms with Crippen LogP contribution in [0.4, 0.5) is 0 Å². The van der Waals surface area contributed by atoms with Crippen LogP contribution >= 0.6 is 24.0 Å². The molecule has 2 rings (SSSR count). The monoisotopic (exact) mass is 430 g/mol. The molecular formula is C17H27IN4O. The molecule has 1 heterocycles. The molecule has 23 heavy (non-hydrogen) atoms. The molecule has 1 aromatic heterocycles. The average Bonchev–Trinajstić information content (AvgIpc) is 2.85. The number of H-pyrrole nitrogens is 1. The van der Waals surface area contributed by atoms with Crippen LogP contribution in [0.3, 0.4) is 0 Å². The number of para-hydroxylation sites is 1. The summed E-state index contributed by atoms with van der Waals surface area (Å²) in [5, 5.41) is 7.89. The van der Waals surface area contributed by atoms with E-state index in [2.05, 4.69) is 51.8 Å². The molecule has 0 radical (unpaired) electrons. The van der Waals surface area contributed by atoms with Crippen LogP contribution in [0.2, 0.25) is 0 Å². The fourth-order valence-electron chi connectivity index (χ4n) is 2.57. The number of nitrogens with zero attached hydrogens (tertiary/aromatic N) is 1. The SMILES string of the molecule is CCOCCNC(=NC)NCCc1c(C)[nH]c2ccccc12.I. The summed E-state index contributed by atoms with van der Waals surface area (Å²) >= 11 is 0. The number of rotatable bonds is 7. The molecule has 3 N–H and O–H groups in total. The van der Waals surface area contributed by atoms with E-state index in [0.717, 1.165) is 32.1 Å². The zero-order valence-corrected chi connectivity index (χ0v) is 16.4. The number of benzene rings is 1. The summed E-state index contributed by atoms with van der Waals surface area (Å²) in [5.74, 6) is 0.817. The highest BCUT2D eigenvalue weighted by molar-refractivity contribution is 14.0. The number of aromatic nitrogens is 1. The van der Waals surface area contributed by atoms with Gasteiger partial charge in [0.05, 0.1) is 6.61 Å². The van der Waals surface area contributed by atoms with Crippen LogP contribution in [-0.4, -0.2) is 44.3 Å². The standard InChI is InChI=1S/C17H26N4O.HI/c1-4-22-12-11-20-17(18-3)19-10-9-14-13(2)21-16-8-6-5-7-15(14)16;/h5-8,21H,4,9-12H2,1-3H3,(H2,18,19,20);1H. The molecule has 0 fully saturated rings. The molecule has 2 aromatic rings. The second kappa shape index (κ2) is 10.5. The van der Waals surface area contributed by atoms with E-state index in [9.17, 15) is 0 Å². The van der Waals surface area contributed by atoms with Crippen molar-refractivity contribution >= 4 is 40.8 Å². The Morgan fingerprint density at radius 1 is 1.22 bits per heavy atom. The van der Waals surface area contributed by atoms with Crippen LogP contribution in [0.5, 0.6) is 0 Å². The van der Waals surface area contributed by atoms with Gasteiger partial charge in [0.25, 0.3) is 0 Å². The molecule has 0 aliphatic rings. The molecule has 0 amide bonds. The first kappa shape index (κ1) is 19.8. The van der Waals surface area contributed by atoms with E-state index in [1.54, 1.807) is 7.05 Å². The maximum Gasteiger partial charge on any atom is 0.191 e. The number of fused-ring (bicyclic) bond motifs is 1. The van der Waals surface area contributed by atoms with Gasteiger partial charge in [0.15, 0.2) is 5.96 Å². The molecule has 0 unspecified atom stereocenters. The van der Waals surface area contributed by atoms with Crippen molar-refractivity contribution in [1.82, 2.24) is 15.6 Å². The van der Waals surface area contributed by atoms with Crippen molar-refractivity contribution < 1.29 is 4.74 Å². The van der Waals surface area contributed by atoms with Gasteiger partial charge in [-0.15, -0.1) is 24.0 Å². The molecule has 0 atom stereocenters. The number of guanidine groups is 1. The lowest BCUT2D eigenvalue weighted by molar-refractivity contribution is 0.152. The molecular weight excluding hydrogens is 403 g/mol. The van der Waals surface area contributed by atoms with Crippen LogP contribution in [0.25, 0.3) is 10.9 Å². The van der Waals surface area contributed by atoms with Gasteiger partial charge in [-0.2, -0.15) is 0 Å². The third-order valence-corrected chi connectivity index (χ3v) is 3.66. The Hall–Kier alpha value is -1.28. The number of nitrogens with one attached hydrogen (secondary N) is 3. The zero-order valence-electron chi connectivity index (χ0n) is 14.1. The summed E-state index contributed by atoms with van der Waals surface area (Å²) < 4.78 is 5.31. The number of halogens is 1. The first-order valence-corrected chi connectivity index (χ1v) is 7.84. The number of hydrogen-bond donors (Lipinski definition) is 3. The van der Waals surface area contributed by atoms with Crippen LogP contribution in [-0.2, 0) is 11.2 Å². The Bertz CT molecular complexity index is 624. The normalized spacial score (nSPS) is 11.3. The minimum Gasteiger partial charge on any atom is -0.380 e. The maximum atomic E-state index is 5.31. The largest absolute Gasteiger partial charge is 0.380 e. The Balaban J connectivity index is 0.00000264. The molecule has 128 valence electrons. The van der Waals surface area contributed by atoms with Gasteiger partial charge in [0.2, 0.25) is 0 Å². The Morgan fingerprint density at radius 3 is 2.70 bits per heavy atom. The average molecular weight is 430 g/mol. The molecule has 0 aliphatic carbocycles. The van der Waals surface area contributed by atoms with Gasteiger partial charge in [-0.3, -0.25) is 4.99 Å². The van der Waals surface area contributed by atoms with Crippen molar-refractivity contribution in [2.75, 3.05) is 33.4 Å². The predicted octanol–water partition coefficient (Wildman–Crippen LogP) is 2.84. The first-order valence-electron chi connectivity index (χ1n) is 7.84. The number of hydrogen-bond acceptors (Lipinski definition) is 2. The fourth-order valence-corrected chi connectivity index (χ4v) is 2.57. The summed E-state index contributed by atoms with van der Waals surface area (Å²) in [6.07, 6.45) is 0.960. The van der Waals surface area contributed by atoms with E-state index in [0.29, 0.717) is 6.61 Å². The number of ether oxygens (including phenoxy) is 1. The van der Waals surface area contributed by atoms with Crippen LogP contribution in [0.15, 0.2) is 29.3 Å². The highest BCUT2D eigenvalue weighted by atomic mass is 127. The Kier molecular flexibility index (Phi) is 9.01. The smallest absolute Gasteiger partial charge is 0.191 e. The topological polar surface area (TPSA) is 61.4 Å². The van der Waals surface area contributed by atoms with Crippen molar-refractivity contribution in [3.63, 3.8) is 0 Å². The molecule has 0 bridgehead atoms. The highest BCUT2D eigenvalue weighted by Crippen LogP contribution is 2.21. The number of aliphatic imine (C=N–C) groups is 1. The van der Waals surface area contributed by atoms with Gasteiger partial charge < -0.3 is 20.4 Å². The second-order valence-electron chi connectivity index (χ2n) is 5.15. The molecule has 6 heteroatoms. The van der Waals surface area contributed by atoms with E-state index in [4.69, 9.17) is 4.74 Å². The van der Waals surface area contributed by atoms with Gasteiger partial charge in [-0.1, -0.05) is 18.2 Å². The van der Waals surface area contributed by atoms with Gasteiger partial charge in [-0.25, -0.2) is 0 Å². The second-order valence-corrected chi connectivity index (χ2v) is 5.15. The summed E-state index contributed by atoms with van der Waals surface area (Å²) in [5.41, 5.74) is 3.81. The minimum atomic E-state index is 0. The minimum absolute atomic E-state index is 0. The Morgan fingerprint density at radius 2 is 1.96 bits per heavy atom. The number of aromatic amines is 1. The van der Waals surface area contributed by atoms with E-state index < -0.39 is 0 Å². The highest BCUT2D eigenvalue weighted by Gasteiger charge is 2.07. The van der Waals surface area contributed by atoms with E-state index in [1.807, 2.05) is 6.92 Å². The first-order chi connectivity index (χ1) is 10.8. The van der Waals surface area contributed by atoms with Crippen molar-refractivity contribution in [2.24, 2.45) is 4.99 Å². The van der Waals surface area contributed by atoms with E-state index in [1.165, 1.54) is 22.2 Å². The van der Waals surface area contributed by atoms with Crippen LogP contribution in [0.1, 0.15) is 18.2 Å².